The number of ether oxygens (including phenoxy) is 1. The van der Waals surface area contributed by atoms with E-state index >= 15 is 0 Å². The highest BCUT2D eigenvalue weighted by Crippen LogP contribution is 2.23. The van der Waals surface area contributed by atoms with Crippen LogP contribution in [0.5, 0.6) is 0 Å². The van der Waals surface area contributed by atoms with E-state index < -0.39 is 5.91 Å². The summed E-state index contributed by atoms with van der Waals surface area (Å²) in [6.45, 7) is 6.51. The van der Waals surface area contributed by atoms with Crippen molar-refractivity contribution in [2.45, 2.75) is 45.6 Å². The zero-order chi connectivity index (χ0) is 23.4. The van der Waals surface area contributed by atoms with E-state index in [0.717, 1.165) is 55.6 Å². The van der Waals surface area contributed by atoms with Crippen molar-refractivity contribution >= 4 is 35.1 Å². The molecule has 0 aliphatic carbocycles. The van der Waals surface area contributed by atoms with E-state index in [4.69, 9.17) is 16.3 Å². The lowest BCUT2D eigenvalue weighted by Crippen LogP contribution is -2.43. The van der Waals surface area contributed by atoms with E-state index in [1.54, 1.807) is 0 Å². The van der Waals surface area contributed by atoms with Crippen molar-refractivity contribution in [1.29, 1.82) is 0 Å². The van der Waals surface area contributed by atoms with Crippen molar-refractivity contribution in [1.82, 2.24) is 14.9 Å². The fourth-order valence-corrected chi connectivity index (χ4v) is 4.40. The number of hydrogen-bond donors (Lipinski definition) is 1. The fourth-order valence-electron chi connectivity index (χ4n) is 4.23. The maximum Gasteiger partial charge on any atom is 0.274 e. The summed E-state index contributed by atoms with van der Waals surface area (Å²) in [6.07, 6.45) is 5.28. The van der Waals surface area contributed by atoms with Crippen LogP contribution in [0.25, 0.3) is 0 Å². The number of carbonyl (C=O) groups is 2. The predicted molar refractivity (Wildman–Crippen MR) is 128 cm³/mol. The van der Waals surface area contributed by atoms with Gasteiger partial charge in [0.05, 0.1) is 17.3 Å². The Kier molecular flexibility index (Phi) is 7.45. The molecule has 1 aromatic heterocycles. The zero-order valence-electron chi connectivity index (χ0n) is 19.1. The highest BCUT2D eigenvalue weighted by molar-refractivity contribution is 6.33. The molecule has 0 saturated carbocycles. The second-order valence-electron chi connectivity index (χ2n) is 8.68. The molecular weight excluding hydrogens is 442 g/mol. The average molecular weight is 472 g/mol. The molecule has 9 heteroatoms. The summed E-state index contributed by atoms with van der Waals surface area (Å²) in [5.41, 5.74) is 2.94. The molecule has 1 atom stereocenters. The minimum absolute atomic E-state index is 0.110. The third-order valence-corrected chi connectivity index (χ3v) is 6.55. The molecule has 2 aliphatic rings. The van der Waals surface area contributed by atoms with Crippen LogP contribution in [0.2, 0.25) is 5.02 Å². The van der Waals surface area contributed by atoms with Gasteiger partial charge in [0.15, 0.2) is 5.69 Å². The third kappa shape index (κ3) is 5.62. The minimum Gasteiger partial charge on any atom is -0.376 e. The van der Waals surface area contributed by atoms with Gasteiger partial charge in [-0.05, 0) is 56.7 Å². The lowest BCUT2D eigenvalue weighted by Gasteiger charge is -2.25. The summed E-state index contributed by atoms with van der Waals surface area (Å²) in [4.78, 5) is 38.8. The van der Waals surface area contributed by atoms with Gasteiger partial charge in [-0.3, -0.25) is 9.59 Å². The number of carbonyl (C=O) groups excluding carboxylic acids is 2. The molecule has 33 heavy (non-hydrogen) atoms. The summed E-state index contributed by atoms with van der Waals surface area (Å²) in [5.74, 6) is -0.174. The van der Waals surface area contributed by atoms with Gasteiger partial charge in [0.1, 0.15) is 6.54 Å². The van der Waals surface area contributed by atoms with Crippen molar-refractivity contribution in [3.63, 3.8) is 0 Å². The fraction of sp³-hybridized carbons (Fsp3) is 0.500. The second kappa shape index (κ2) is 10.5. The summed E-state index contributed by atoms with van der Waals surface area (Å²) in [5, 5.41) is 3.11. The predicted octanol–water partition coefficient (Wildman–Crippen LogP) is 3.61. The molecule has 2 aromatic rings. The molecule has 2 aliphatic heterocycles. The van der Waals surface area contributed by atoms with Crippen LogP contribution in [-0.2, 0) is 9.53 Å². The normalized spacial score (nSPS) is 17.9. The van der Waals surface area contributed by atoms with E-state index in [-0.39, 0.29) is 29.3 Å². The molecule has 4 rings (SSSR count). The quantitative estimate of drug-likeness (QED) is 0.663. The Labute approximate surface area is 199 Å². The molecule has 2 saturated heterocycles. The molecule has 0 spiro atoms. The van der Waals surface area contributed by atoms with Crippen LogP contribution in [0.3, 0.4) is 0 Å². The van der Waals surface area contributed by atoms with Crippen LogP contribution in [0, 0.1) is 13.8 Å². The number of hydrogen-bond acceptors (Lipinski definition) is 6. The molecule has 2 fully saturated rings. The number of anilines is 2. The number of halogens is 1. The van der Waals surface area contributed by atoms with E-state index in [1.165, 1.54) is 11.1 Å². The van der Waals surface area contributed by atoms with Crippen LogP contribution >= 0.6 is 11.6 Å². The lowest BCUT2D eigenvalue weighted by molar-refractivity contribution is -0.117. The molecule has 176 valence electrons. The van der Waals surface area contributed by atoms with Crippen LogP contribution in [0.1, 0.15) is 47.3 Å². The highest BCUT2D eigenvalue weighted by Gasteiger charge is 2.28. The number of rotatable bonds is 7. The van der Waals surface area contributed by atoms with E-state index in [1.807, 2.05) is 36.9 Å². The van der Waals surface area contributed by atoms with Crippen molar-refractivity contribution < 1.29 is 14.3 Å². The summed E-state index contributed by atoms with van der Waals surface area (Å²) in [6, 6.07) is 5.75. The smallest absolute Gasteiger partial charge is 0.274 e. The Balaban J connectivity index is 1.54. The summed E-state index contributed by atoms with van der Waals surface area (Å²) in [7, 11) is 0. The summed E-state index contributed by atoms with van der Waals surface area (Å²) < 4.78 is 5.74. The molecule has 0 bridgehead atoms. The SMILES string of the molecule is Cc1cccc(NC(=O)CN(CC2CCCO2)C(=O)c2nc(N3CCCC3)ncc2Cl)c1C. The largest absolute Gasteiger partial charge is 0.376 e. The van der Waals surface area contributed by atoms with Crippen LogP contribution in [-0.4, -0.2) is 65.6 Å². The van der Waals surface area contributed by atoms with Crippen LogP contribution in [0.4, 0.5) is 11.6 Å². The Hall–Kier alpha value is -2.71. The van der Waals surface area contributed by atoms with Crippen molar-refractivity contribution in [3.8, 4) is 0 Å². The monoisotopic (exact) mass is 471 g/mol. The molecule has 3 heterocycles. The first-order chi connectivity index (χ1) is 15.9. The van der Waals surface area contributed by atoms with Crippen LogP contribution < -0.4 is 10.2 Å². The maximum absolute atomic E-state index is 13.5. The zero-order valence-corrected chi connectivity index (χ0v) is 19.9. The van der Waals surface area contributed by atoms with Crippen LogP contribution in [0.15, 0.2) is 24.4 Å². The standard InChI is InChI=1S/C24H30ClN5O3/c1-16-7-5-9-20(17(16)2)27-21(31)15-30(14-18-8-6-12-33-18)23(32)22-19(25)13-26-24(28-22)29-10-3-4-11-29/h5,7,9,13,18H,3-4,6,8,10-12,14-15H2,1-2H3,(H,27,31). The Morgan fingerprint density at radius 3 is 2.76 bits per heavy atom. The number of amides is 2. The molecular formula is C24H30ClN5O3. The summed E-state index contributed by atoms with van der Waals surface area (Å²) >= 11 is 6.34. The van der Waals surface area contributed by atoms with Gasteiger partial charge in [0.2, 0.25) is 11.9 Å². The molecule has 1 aromatic carbocycles. The molecule has 1 N–H and O–H groups in total. The van der Waals surface area contributed by atoms with Gasteiger partial charge in [0.25, 0.3) is 5.91 Å². The number of nitrogens with zero attached hydrogens (tertiary/aromatic N) is 4. The molecule has 0 radical (unpaired) electrons. The minimum atomic E-state index is -0.394. The average Bonchev–Trinajstić information content (AvgIpc) is 3.51. The van der Waals surface area contributed by atoms with Crippen molar-refractivity contribution in [3.05, 3.63) is 46.2 Å². The lowest BCUT2D eigenvalue weighted by atomic mass is 10.1. The van der Waals surface area contributed by atoms with Gasteiger partial charge in [0, 0.05) is 31.9 Å². The molecule has 8 nitrogen and oxygen atoms in total. The maximum atomic E-state index is 13.5. The number of benzene rings is 1. The van der Waals surface area contributed by atoms with E-state index in [0.29, 0.717) is 19.1 Å². The topological polar surface area (TPSA) is 87.7 Å². The first kappa shape index (κ1) is 23.4. The van der Waals surface area contributed by atoms with Gasteiger partial charge in [-0.1, -0.05) is 23.7 Å². The number of aromatic nitrogens is 2. The number of aryl methyl sites for hydroxylation is 1. The third-order valence-electron chi connectivity index (χ3n) is 6.27. The Bertz CT molecular complexity index is 1020. The first-order valence-corrected chi connectivity index (χ1v) is 11.8. The van der Waals surface area contributed by atoms with Gasteiger partial charge in [-0.2, -0.15) is 0 Å². The van der Waals surface area contributed by atoms with E-state index in [2.05, 4.69) is 15.3 Å². The van der Waals surface area contributed by atoms with E-state index in [9.17, 15) is 9.59 Å². The van der Waals surface area contributed by atoms with Gasteiger partial charge < -0.3 is 19.9 Å². The molecule has 2 amide bonds. The highest BCUT2D eigenvalue weighted by atomic mass is 35.5. The Morgan fingerprint density at radius 2 is 2.03 bits per heavy atom. The van der Waals surface area contributed by atoms with Gasteiger partial charge in [-0.15, -0.1) is 0 Å². The van der Waals surface area contributed by atoms with Crippen molar-refractivity contribution in [2.75, 3.05) is 43.0 Å². The first-order valence-electron chi connectivity index (χ1n) is 11.5. The molecule has 1 unspecified atom stereocenters. The Morgan fingerprint density at radius 1 is 1.24 bits per heavy atom. The van der Waals surface area contributed by atoms with Gasteiger partial charge >= 0.3 is 0 Å². The van der Waals surface area contributed by atoms with Crippen molar-refractivity contribution in [2.24, 2.45) is 0 Å². The van der Waals surface area contributed by atoms with Gasteiger partial charge in [-0.25, -0.2) is 9.97 Å². The second-order valence-corrected chi connectivity index (χ2v) is 9.08. The number of nitrogens with one attached hydrogen (secondary N) is 1.